The van der Waals surface area contributed by atoms with Gasteiger partial charge in [0.15, 0.2) is 0 Å². The highest BCUT2D eigenvalue weighted by Gasteiger charge is 2.38. The van der Waals surface area contributed by atoms with Crippen molar-refractivity contribution in [1.82, 2.24) is 9.62 Å². The van der Waals surface area contributed by atoms with E-state index in [1.165, 1.54) is 17.0 Å². The standard InChI is InChI=1S/C22H23F3N2O5S/c23-22(24,25)17-3-1-15(2-4-17)20(28)27-11-9-18(10-12-27)26-33(30,31)19-7-5-16(6-8-19)21(29)13-32-14-21/h1-8,18,26,29H,9-14H2. The van der Waals surface area contributed by atoms with Crippen molar-refractivity contribution in [3.8, 4) is 0 Å². The zero-order valence-corrected chi connectivity index (χ0v) is 18.3. The highest BCUT2D eigenvalue weighted by Crippen LogP contribution is 2.31. The van der Waals surface area contributed by atoms with Crippen LogP contribution in [0.2, 0.25) is 0 Å². The number of nitrogens with zero attached hydrogens (tertiary/aromatic N) is 1. The molecule has 7 nitrogen and oxygen atoms in total. The molecular formula is C22H23F3N2O5S. The van der Waals surface area contributed by atoms with Crippen LogP contribution >= 0.6 is 0 Å². The summed E-state index contributed by atoms with van der Waals surface area (Å²) < 4.78 is 71.2. The van der Waals surface area contributed by atoms with E-state index in [4.69, 9.17) is 4.74 Å². The van der Waals surface area contributed by atoms with Crippen LogP contribution in [0, 0.1) is 0 Å². The topological polar surface area (TPSA) is 95.9 Å². The number of likely N-dealkylation sites (tertiary alicyclic amines) is 1. The summed E-state index contributed by atoms with van der Waals surface area (Å²) in [6, 6.07) is 9.63. The van der Waals surface area contributed by atoms with Crippen molar-refractivity contribution in [2.75, 3.05) is 26.3 Å². The van der Waals surface area contributed by atoms with Gasteiger partial charge in [0, 0.05) is 24.7 Å². The maximum absolute atomic E-state index is 12.7. The summed E-state index contributed by atoms with van der Waals surface area (Å²) in [4.78, 5) is 14.2. The molecule has 2 saturated heterocycles. The minimum Gasteiger partial charge on any atom is -0.380 e. The molecule has 0 saturated carbocycles. The lowest BCUT2D eigenvalue weighted by Crippen LogP contribution is -2.47. The Morgan fingerprint density at radius 1 is 1.03 bits per heavy atom. The molecule has 2 aromatic rings. The van der Waals surface area contributed by atoms with Crippen LogP contribution in [0.4, 0.5) is 13.2 Å². The quantitative estimate of drug-likeness (QED) is 0.680. The van der Waals surface area contributed by atoms with E-state index < -0.39 is 33.3 Å². The smallest absolute Gasteiger partial charge is 0.380 e. The van der Waals surface area contributed by atoms with E-state index in [1.54, 1.807) is 12.1 Å². The van der Waals surface area contributed by atoms with Crippen molar-refractivity contribution >= 4 is 15.9 Å². The summed E-state index contributed by atoms with van der Waals surface area (Å²) in [5, 5.41) is 10.3. The zero-order valence-electron chi connectivity index (χ0n) is 17.5. The molecule has 0 spiro atoms. The van der Waals surface area contributed by atoms with Crippen molar-refractivity contribution in [3.05, 3.63) is 65.2 Å². The first-order valence-electron chi connectivity index (χ1n) is 10.4. The number of sulfonamides is 1. The van der Waals surface area contributed by atoms with E-state index in [-0.39, 0.29) is 42.8 Å². The average molecular weight is 484 g/mol. The average Bonchev–Trinajstić information content (AvgIpc) is 2.77. The first-order chi connectivity index (χ1) is 15.5. The summed E-state index contributed by atoms with van der Waals surface area (Å²) in [5.74, 6) is -0.390. The molecule has 0 bridgehead atoms. The van der Waals surface area contributed by atoms with Crippen LogP contribution in [0.15, 0.2) is 53.4 Å². The lowest BCUT2D eigenvalue weighted by molar-refractivity contribution is -0.184. The summed E-state index contributed by atoms with van der Waals surface area (Å²) in [6.45, 7) is 0.889. The minimum atomic E-state index is -4.47. The van der Waals surface area contributed by atoms with Crippen LogP contribution < -0.4 is 4.72 Å². The highest BCUT2D eigenvalue weighted by atomic mass is 32.2. The fourth-order valence-electron chi connectivity index (χ4n) is 3.88. The predicted octanol–water partition coefficient (Wildman–Crippen LogP) is 2.51. The molecule has 2 heterocycles. The second-order valence-corrected chi connectivity index (χ2v) is 10.0. The number of hydrogen-bond donors (Lipinski definition) is 2. The van der Waals surface area contributed by atoms with Gasteiger partial charge in [-0.15, -0.1) is 0 Å². The van der Waals surface area contributed by atoms with Gasteiger partial charge in [-0.1, -0.05) is 12.1 Å². The molecule has 178 valence electrons. The zero-order chi connectivity index (χ0) is 23.9. The van der Waals surface area contributed by atoms with Crippen molar-refractivity contribution < 1.29 is 36.2 Å². The Balaban J connectivity index is 1.33. The monoisotopic (exact) mass is 484 g/mol. The van der Waals surface area contributed by atoms with Crippen LogP contribution in [0.5, 0.6) is 0 Å². The van der Waals surface area contributed by atoms with Crippen molar-refractivity contribution in [3.63, 3.8) is 0 Å². The SMILES string of the molecule is O=C(c1ccc(C(F)(F)F)cc1)N1CCC(NS(=O)(=O)c2ccc(C3(O)COC3)cc2)CC1. The van der Waals surface area contributed by atoms with Gasteiger partial charge in [-0.05, 0) is 54.8 Å². The summed E-state index contributed by atoms with van der Waals surface area (Å²) >= 11 is 0. The van der Waals surface area contributed by atoms with Crippen LogP contribution in [0.1, 0.15) is 34.3 Å². The predicted molar refractivity (Wildman–Crippen MR) is 112 cm³/mol. The van der Waals surface area contributed by atoms with Gasteiger partial charge in [0.25, 0.3) is 5.91 Å². The van der Waals surface area contributed by atoms with Crippen molar-refractivity contribution in [2.24, 2.45) is 0 Å². The van der Waals surface area contributed by atoms with E-state index in [2.05, 4.69) is 4.72 Å². The molecule has 2 aliphatic rings. The number of aliphatic hydroxyl groups is 1. The molecule has 2 aromatic carbocycles. The Morgan fingerprint density at radius 2 is 1.61 bits per heavy atom. The third-order valence-electron chi connectivity index (χ3n) is 5.95. The summed E-state index contributed by atoms with van der Waals surface area (Å²) in [6.07, 6.45) is -3.72. The molecular weight excluding hydrogens is 461 g/mol. The fraction of sp³-hybridized carbons (Fsp3) is 0.409. The molecule has 2 N–H and O–H groups in total. The number of carbonyl (C=O) groups excluding carboxylic acids is 1. The highest BCUT2D eigenvalue weighted by molar-refractivity contribution is 7.89. The first kappa shape index (κ1) is 23.7. The number of halogens is 3. The Morgan fingerprint density at radius 3 is 2.09 bits per heavy atom. The van der Waals surface area contributed by atoms with Crippen molar-refractivity contribution in [1.29, 1.82) is 0 Å². The molecule has 4 rings (SSSR count). The Labute approximate surface area is 189 Å². The van der Waals surface area contributed by atoms with Gasteiger partial charge in [-0.2, -0.15) is 13.2 Å². The van der Waals surface area contributed by atoms with Gasteiger partial charge in [-0.3, -0.25) is 4.79 Å². The maximum atomic E-state index is 12.7. The number of amides is 1. The van der Waals surface area contributed by atoms with Gasteiger partial charge in [0.2, 0.25) is 10.0 Å². The van der Waals surface area contributed by atoms with E-state index in [9.17, 15) is 31.5 Å². The number of alkyl halides is 3. The van der Waals surface area contributed by atoms with E-state index in [1.807, 2.05) is 0 Å². The molecule has 1 amide bonds. The van der Waals surface area contributed by atoms with Gasteiger partial charge in [0.05, 0.1) is 23.7 Å². The fourth-order valence-corrected chi connectivity index (χ4v) is 5.18. The Bertz CT molecular complexity index is 1110. The molecule has 2 aliphatic heterocycles. The molecule has 0 aliphatic carbocycles. The lowest BCUT2D eigenvalue weighted by Gasteiger charge is -2.36. The first-order valence-corrected chi connectivity index (χ1v) is 11.9. The summed E-state index contributed by atoms with van der Waals surface area (Å²) in [5.41, 5.74) is -1.17. The number of nitrogens with one attached hydrogen (secondary N) is 1. The van der Waals surface area contributed by atoms with Gasteiger partial charge >= 0.3 is 6.18 Å². The molecule has 2 fully saturated rings. The normalized spacial score (nSPS) is 19.2. The van der Waals surface area contributed by atoms with E-state index >= 15 is 0 Å². The number of hydrogen-bond acceptors (Lipinski definition) is 5. The molecule has 11 heteroatoms. The number of benzene rings is 2. The van der Waals surface area contributed by atoms with Crippen LogP contribution in [-0.2, 0) is 26.5 Å². The third-order valence-corrected chi connectivity index (χ3v) is 7.48. The van der Waals surface area contributed by atoms with Gasteiger partial charge in [0.1, 0.15) is 5.60 Å². The molecule has 0 unspecified atom stereocenters. The Kier molecular flexibility index (Phi) is 6.25. The van der Waals surface area contributed by atoms with Crippen LogP contribution in [-0.4, -0.2) is 56.7 Å². The number of piperidine rings is 1. The number of carbonyl (C=O) groups is 1. The lowest BCUT2D eigenvalue weighted by atomic mass is 9.92. The molecule has 33 heavy (non-hydrogen) atoms. The van der Waals surface area contributed by atoms with E-state index in [0.29, 0.717) is 18.4 Å². The molecule has 0 radical (unpaired) electrons. The van der Waals surface area contributed by atoms with Crippen LogP contribution in [0.3, 0.4) is 0 Å². The van der Waals surface area contributed by atoms with E-state index in [0.717, 1.165) is 24.3 Å². The Hall–Kier alpha value is -2.47. The molecule has 0 atom stereocenters. The van der Waals surface area contributed by atoms with Crippen molar-refractivity contribution in [2.45, 2.75) is 35.6 Å². The van der Waals surface area contributed by atoms with Gasteiger partial charge in [-0.25, -0.2) is 13.1 Å². The number of ether oxygens (including phenoxy) is 1. The maximum Gasteiger partial charge on any atom is 0.416 e. The largest absolute Gasteiger partial charge is 0.416 e. The van der Waals surface area contributed by atoms with Crippen LogP contribution in [0.25, 0.3) is 0 Å². The third kappa shape index (κ3) is 5.06. The number of rotatable bonds is 5. The summed E-state index contributed by atoms with van der Waals surface area (Å²) in [7, 11) is -3.79. The molecule has 0 aromatic heterocycles. The second kappa shape index (κ2) is 8.71. The minimum absolute atomic E-state index is 0.0679. The second-order valence-electron chi connectivity index (χ2n) is 8.31. The van der Waals surface area contributed by atoms with Gasteiger partial charge < -0.3 is 14.7 Å².